The first kappa shape index (κ1) is 13.8. The standard InChI is InChI=1S/C13H17ClN2O/c1-2-16-10-11-9-12(14)5-6-13(11)17-8-4-3-7-15/h5-6,9,16H,2-4,8,10H2,1H3. The van der Waals surface area contributed by atoms with Crippen LogP contribution in [-0.4, -0.2) is 13.2 Å². The number of benzene rings is 1. The second kappa shape index (κ2) is 7.94. The molecule has 0 aliphatic heterocycles. The summed E-state index contributed by atoms with van der Waals surface area (Å²) < 4.78 is 5.64. The predicted molar refractivity (Wildman–Crippen MR) is 69.2 cm³/mol. The summed E-state index contributed by atoms with van der Waals surface area (Å²) in [5.74, 6) is 0.841. The van der Waals surface area contributed by atoms with E-state index in [1.807, 2.05) is 18.2 Å². The highest BCUT2D eigenvalue weighted by molar-refractivity contribution is 6.30. The van der Waals surface area contributed by atoms with Gasteiger partial charge in [0.15, 0.2) is 0 Å². The third kappa shape index (κ3) is 5.08. The molecule has 0 aliphatic rings. The Bertz CT molecular complexity index is 387. The summed E-state index contributed by atoms with van der Waals surface area (Å²) in [6.07, 6.45) is 1.27. The van der Waals surface area contributed by atoms with Crippen LogP contribution in [0.1, 0.15) is 25.3 Å². The van der Waals surface area contributed by atoms with Crippen molar-refractivity contribution in [2.45, 2.75) is 26.3 Å². The van der Waals surface area contributed by atoms with Gasteiger partial charge in [-0.05, 0) is 31.2 Å². The fourth-order valence-corrected chi connectivity index (χ4v) is 1.61. The fourth-order valence-electron chi connectivity index (χ4n) is 1.42. The zero-order valence-electron chi connectivity index (χ0n) is 10.0. The molecule has 92 valence electrons. The predicted octanol–water partition coefficient (Wildman–Crippen LogP) is 3.13. The number of unbranched alkanes of at least 4 members (excludes halogenated alkanes) is 1. The van der Waals surface area contributed by atoms with E-state index in [9.17, 15) is 0 Å². The molecule has 0 spiro atoms. The van der Waals surface area contributed by atoms with Gasteiger partial charge in [0.05, 0.1) is 12.7 Å². The van der Waals surface area contributed by atoms with Crippen molar-refractivity contribution in [3.63, 3.8) is 0 Å². The second-order valence-electron chi connectivity index (χ2n) is 3.64. The average molecular weight is 253 g/mol. The summed E-state index contributed by atoms with van der Waals surface area (Å²) in [4.78, 5) is 0. The Hall–Kier alpha value is -1.24. The molecule has 0 bridgehead atoms. The van der Waals surface area contributed by atoms with E-state index in [0.717, 1.165) is 30.8 Å². The summed E-state index contributed by atoms with van der Waals surface area (Å²) in [6.45, 7) is 4.26. The SMILES string of the molecule is CCNCc1cc(Cl)ccc1OCCCC#N. The molecule has 0 aromatic heterocycles. The summed E-state index contributed by atoms with van der Waals surface area (Å²) in [5, 5.41) is 12.4. The fraction of sp³-hybridized carbons (Fsp3) is 0.462. The van der Waals surface area contributed by atoms with Gasteiger partial charge in [0.25, 0.3) is 0 Å². The van der Waals surface area contributed by atoms with Crippen LogP contribution in [0.2, 0.25) is 5.02 Å². The lowest BCUT2D eigenvalue weighted by Gasteiger charge is -2.11. The van der Waals surface area contributed by atoms with Crippen LogP contribution < -0.4 is 10.1 Å². The molecule has 0 saturated carbocycles. The summed E-state index contributed by atoms with van der Waals surface area (Å²) in [5.41, 5.74) is 1.05. The monoisotopic (exact) mass is 252 g/mol. The summed E-state index contributed by atoms with van der Waals surface area (Å²) >= 11 is 5.95. The number of hydrogen-bond donors (Lipinski definition) is 1. The van der Waals surface area contributed by atoms with Crippen molar-refractivity contribution in [1.29, 1.82) is 5.26 Å². The minimum absolute atomic E-state index is 0.524. The maximum absolute atomic E-state index is 8.44. The first-order chi connectivity index (χ1) is 8.27. The maximum Gasteiger partial charge on any atom is 0.123 e. The molecular weight excluding hydrogens is 236 g/mol. The molecule has 0 atom stereocenters. The van der Waals surface area contributed by atoms with Gasteiger partial charge in [-0.15, -0.1) is 0 Å². The maximum atomic E-state index is 8.44. The Labute approximate surface area is 107 Å². The van der Waals surface area contributed by atoms with Gasteiger partial charge >= 0.3 is 0 Å². The van der Waals surface area contributed by atoms with Crippen molar-refractivity contribution in [3.8, 4) is 11.8 Å². The topological polar surface area (TPSA) is 45.0 Å². The third-order valence-corrected chi connectivity index (χ3v) is 2.51. The molecule has 1 N–H and O–H groups in total. The molecule has 0 saturated heterocycles. The van der Waals surface area contributed by atoms with Gasteiger partial charge in [-0.2, -0.15) is 5.26 Å². The first-order valence-electron chi connectivity index (χ1n) is 5.76. The van der Waals surface area contributed by atoms with Crippen LogP contribution >= 0.6 is 11.6 Å². The van der Waals surface area contributed by atoms with Crippen LogP contribution in [0.4, 0.5) is 0 Å². The molecule has 1 aromatic rings. The lowest BCUT2D eigenvalue weighted by molar-refractivity contribution is 0.309. The summed E-state index contributed by atoms with van der Waals surface area (Å²) in [6, 6.07) is 7.70. The van der Waals surface area contributed by atoms with Crippen LogP contribution in [0.25, 0.3) is 0 Å². The normalized spacial score (nSPS) is 9.94. The quantitative estimate of drug-likeness (QED) is 0.759. The third-order valence-electron chi connectivity index (χ3n) is 2.28. The van der Waals surface area contributed by atoms with E-state index in [1.165, 1.54) is 0 Å². The Morgan fingerprint density at radius 3 is 3.00 bits per heavy atom. The second-order valence-corrected chi connectivity index (χ2v) is 4.08. The van der Waals surface area contributed by atoms with Crippen molar-refractivity contribution < 1.29 is 4.74 Å². The van der Waals surface area contributed by atoms with Crippen molar-refractivity contribution in [1.82, 2.24) is 5.32 Å². The van der Waals surface area contributed by atoms with Crippen LogP contribution in [0.15, 0.2) is 18.2 Å². The average Bonchev–Trinajstić information content (AvgIpc) is 2.34. The number of hydrogen-bond acceptors (Lipinski definition) is 3. The molecule has 17 heavy (non-hydrogen) atoms. The number of halogens is 1. The molecule has 3 nitrogen and oxygen atoms in total. The molecule has 0 amide bonds. The van der Waals surface area contributed by atoms with Gasteiger partial charge in [-0.25, -0.2) is 0 Å². The first-order valence-corrected chi connectivity index (χ1v) is 6.14. The van der Waals surface area contributed by atoms with E-state index >= 15 is 0 Å². The van der Waals surface area contributed by atoms with Crippen LogP contribution in [-0.2, 0) is 6.54 Å². The number of rotatable bonds is 7. The van der Waals surface area contributed by atoms with Crippen molar-refractivity contribution >= 4 is 11.6 Å². The van der Waals surface area contributed by atoms with Crippen LogP contribution in [0.3, 0.4) is 0 Å². The molecule has 0 unspecified atom stereocenters. The highest BCUT2D eigenvalue weighted by Crippen LogP contribution is 2.23. The Morgan fingerprint density at radius 1 is 1.47 bits per heavy atom. The lowest BCUT2D eigenvalue weighted by atomic mass is 10.2. The van der Waals surface area contributed by atoms with E-state index in [4.69, 9.17) is 21.6 Å². The minimum atomic E-state index is 0.524. The minimum Gasteiger partial charge on any atom is -0.493 e. The van der Waals surface area contributed by atoms with E-state index in [-0.39, 0.29) is 0 Å². The van der Waals surface area contributed by atoms with E-state index < -0.39 is 0 Å². The van der Waals surface area contributed by atoms with E-state index in [0.29, 0.717) is 18.1 Å². The highest BCUT2D eigenvalue weighted by Gasteiger charge is 2.04. The number of nitriles is 1. The van der Waals surface area contributed by atoms with E-state index in [2.05, 4.69) is 18.3 Å². The molecule has 0 fully saturated rings. The molecule has 4 heteroatoms. The van der Waals surface area contributed by atoms with Crippen molar-refractivity contribution in [2.24, 2.45) is 0 Å². The van der Waals surface area contributed by atoms with Crippen LogP contribution in [0.5, 0.6) is 5.75 Å². The largest absolute Gasteiger partial charge is 0.493 e. The molecule has 1 rings (SSSR count). The van der Waals surface area contributed by atoms with Crippen molar-refractivity contribution in [3.05, 3.63) is 28.8 Å². The Morgan fingerprint density at radius 2 is 2.29 bits per heavy atom. The van der Waals surface area contributed by atoms with Gasteiger partial charge in [-0.3, -0.25) is 0 Å². The molecule has 0 heterocycles. The molecule has 0 radical (unpaired) electrons. The Balaban J connectivity index is 2.59. The molecule has 1 aromatic carbocycles. The van der Waals surface area contributed by atoms with Crippen LogP contribution in [0, 0.1) is 11.3 Å². The zero-order chi connectivity index (χ0) is 12.5. The summed E-state index contributed by atoms with van der Waals surface area (Å²) in [7, 11) is 0. The van der Waals surface area contributed by atoms with Gasteiger partial charge < -0.3 is 10.1 Å². The van der Waals surface area contributed by atoms with Gasteiger partial charge in [0.2, 0.25) is 0 Å². The van der Waals surface area contributed by atoms with Gasteiger partial charge in [-0.1, -0.05) is 18.5 Å². The lowest BCUT2D eigenvalue weighted by Crippen LogP contribution is -2.13. The van der Waals surface area contributed by atoms with E-state index in [1.54, 1.807) is 0 Å². The van der Waals surface area contributed by atoms with Gasteiger partial charge in [0.1, 0.15) is 5.75 Å². The zero-order valence-corrected chi connectivity index (χ0v) is 10.8. The molecular formula is C13H17ClN2O. The number of nitrogens with one attached hydrogen (secondary N) is 1. The number of nitrogens with zero attached hydrogens (tertiary/aromatic N) is 1. The Kier molecular flexibility index (Phi) is 6.46. The van der Waals surface area contributed by atoms with Crippen molar-refractivity contribution in [2.75, 3.05) is 13.2 Å². The molecule has 0 aliphatic carbocycles. The smallest absolute Gasteiger partial charge is 0.123 e. The van der Waals surface area contributed by atoms with Gasteiger partial charge in [0, 0.05) is 23.6 Å². The highest BCUT2D eigenvalue weighted by atomic mass is 35.5. The number of ether oxygens (including phenoxy) is 1.